The molecular formula is C58H41BBrCl2N2O2. The zero-order valence-corrected chi connectivity index (χ0v) is 38.7. The van der Waals surface area contributed by atoms with Crippen molar-refractivity contribution in [1.29, 1.82) is 0 Å². The topological polar surface area (TPSA) is 55.2 Å². The fraction of sp³-hybridized carbons (Fsp3) is 0. The summed E-state index contributed by atoms with van der Waals surface area (Å²) in [4.78, 5) is 9.88. The van der Waals surface area contributed by atoms with Crippen LogP contribution in [0.2, 0.25) is 10.0 Å². The Balaban J connectivity index is 0.000000151. The highest BCUT2D eigenvalue weighted by molar-refractivity contribution is 9.10. The van der Waals surface area contributed by atoms with Crippen LogP contribution in [0.4, 0.5) is 0 Å². The van der Waals surface area contributed by atoms with Gasteiger partial charge in [-0.25, -0.2) is 9.97 Å². The molecule has 0 saturated heterocycles. The van der Waals surface area contributed by atoms with Gasteiger partial charge in [0.1, 0.15) is 5.75 Å². The molecule has 2 aromatic heterocycles. The Hall–Kier alpha value is -7.06. The van der Waals surface area contributed by atoms with Crippen LogP contribution in [0.1, 0.15) is 0 Å². The molecule has 8 aromatic carbocycles. The summed E-state index contributed by atoms with van der Waals surface area (Å²) in [6.07, 6.45) is 0. The summed E-state index contributed by atoms with van der Waals surface area (Å²) in [5.41, 5.74) is 15.2. The Labute approximate surface area is 405 Å². The summed E-state index contributed by atoms with van der Waals surface area (Å²) in [7, 11) is 0.617. The maximum atomic E-state index is 8.22. The van der Waals surface area contributed by atoms with Crippen molar-refractivity contribution in [2.24, 2.45) is 0 Å². The van der Waals surface area contributed by atoms with Gasteiger partial charge in [-0.05, 0) is 106 Å². The summed E-state index contributed by atoms with van der Waals surface area (Å²) in [6, 6.07) is 81.6. The highest BCUT2D eigenvalue weighted by Gasteiger charge is 2.11. The molecule has 1 radical (unpaired) electrons. The number of benzene rings is 8. The highest BCUT2D eigenvalue weighted by atomic mass is 79.9. The smallest absolute Gasteiger partial charge is 0.537 e. The van der Waals surface area contributed by atoms with Crippen molar-refractivity contribution < 1.29 is 9.68 Å². The van der Waals surface area contributed by atoms with Gasteiger partial charge in [-0.2, -0.15) is 0 Å². The lowest BCUT2D eigenvalue weighted by atomic mass is 9.97. The van der Waals surface area contributed by atoms with Crippen LogP contribution in [0.5, 0.6) is 5.75 Å². The molecule has 1 N–H and O–H groups in total. The molecule has 0 aliphatic rings. The molecule has 66 heavy (non-hydrogen) atoms. The van der Waals surface area contributed by atoms with Gasteiger partial charge >= 0.3 is 7.69 Å². The fourth-order valence-electron chi connectivity index (χ4n) is 7.24. The molecule has 0 fully saturated rings. The molecule has 10 rings (SSSR count). The van der Waals surface area contributed by atoms with Gasteiger partial charge in [-0.15, -0.1) is 0 Å². The Morgan fingerprint density at radius 2 is 0.667 bits per heavy atom. The molecule has 0 aliphatic carbocycles. The first-order valence-electron chi connectivity index (χ1n) is 21.1. The SMILES string of the molecule is Brc1cccc(-c2cc(-c3ccccc3)nc(-c3ccccc3)c2)c1.Clc1cccc(-c2cccc(-c3cc(-c4ccccc4)nc(-c4ccccc4)c3)c2)c1.O[B]Oc1cccc(Cl)c1. The van der Waals surface area contributed by atoms with Crippen molar-refractivity contribution in [2.75, 3.05) is 0 Å². The van der Waals surface area contributed by atoms with Gasteiger partial charge in [0.25, 0.3) is 0 Å². The van der Waals surface area contributed by atoms with E-state index in [4.69, 9.17) is 38.2 Å². The molecule has 0 saturated carbocycles. The van der Waals surface area contributed by atoms with Gasteiger partial charge in [-0.3, -0.25) is 0 Å². The van der Waals surface area contributed by atoms with E-state index in [1.54, 1.807) is 24.3 Å². The molecular weight excluding hydrogens is 918 g/mol. The lowest BCUT2D eigenvalue weighted by Gasteiger charge is -2.11. The van der Waals surface area contributed by atoms with Gasteiger partial charge in [0, 0.05) is 36.8 Å². The van der Waals surface area contributed by atoms with E-state index in [0.717, 1.165) is 82.3 Å². The van der Waals surface area contributed by atoms with Crippen molar-refractivity contribution >= 4 is 46.8 Å². The molecule has 319 valence electrons. The minimum absolute atomic E-state index is 0.523. The third-order valence-corrected chi connectivity index (χ3v) is 11.4. The number of nitrogens with zero attached hydrogens (tertiary/aromatic N) is 2. The second-order valence-corrected chi connectivity index (χ2v) is 16.8. The quantitative estimate of drug-likeness (QED) is 0.146. The summed E-state index contributed by atoms with van der Waals surface area (Å²) in [6.45, 7) is 0. The fourth-order valence-corrected chi connectivity index (χ4v) is 8.01. The molecule has 0 bridgehead atoms. The summed E-state index contributed by atoms with van der Waals surface area (Å²) < 4.78 is 5.71. The largest absolute Gasteiger partial charge is 0.569 e. The van der Waals surface area contributed by atoms with E-state index in [-0.39, 0.29) is 0 Å². The molecule has 0 atom stereocenters. The van der Waals surface area contributed by atoms with E-state index < -0.39 is 0 Å². The van der Waals surface area contributed by atoms with E-state index in [1.165, 1.54) is 5.56 Å². The summed E-state index contributed by atoms with van der Waals surface area (Å²) in [5, 5.41) is 9.54. The molecule has 10 aromatic rings. The van der Waals surface area contributed by atoms with E-state index in [2.05, 4.69) is 142 Å². The monoisotopic (exact) mass is 957 g/mol. The van der Waals surface area contributed by atoms with E-state index >= 15 is 0 Å². The Bertz CT molecular complexity index is 3030. The number of pyridine rings is 2. The van der Waals surface area contributed by atoms with Crippen molar-refractivity contribution in [1.82, 2.24) is 9.97 Å². The number of hydrogen-bond acceptors (Lipinski definition) is 4. The summed E-state index contributed by atoms with van der Waals surface area (Å²) in [5.74, 6) is 0.523. The number of aromatic nitrogens is 2. The summed E-state index contributed by atoms with van der Waals surface area (Å²) >= 11 is 15.4. The average Bonchev–Trinajstić information content (AvgIpc) is 3.38. The van der Waals surface area contributed by atoms with E-state index in [0.29, 0.717) is 18.5 Å². The molecule has 0 spiro atoms. The second kappa shape index (κ2) is 22.7. The van der Waals surface area contributed by atoms with Crippen LogP contribution >= 0.6 is 39.1 Å². The molecule has 0 amide bonds. The van der Waals surface area contributed by atoms with Gasteiger partial charge in [0.15, 0.2) is 0 Å². The van der Waals surface area contributed by atoms with Gasteiger partial charge in [0.05, 0.1) is 22.8 Å². The zero-order valence-electron chi connectivity index (χ0n) is 35.6. The third-order valence-electron chi connectivity index (χ3n) is 10.4. The van der Waals surface area contributed by atoms with Crippen LogP contribution in [0.25, 0.3) is 78.4 Å². The van der Waals surface area contributed by atoms with Crippen LogP contribution in [-0.2, 0) is 0 Å². The van der Waals surface area contributed by atoms with Crippen molar-refractivity contribution in [2.45, 2.75) is 0 Å². The standard InChI is InChI=1S/C29H20ClN.C23H16BrN.C6H5BClO2/c30-27-16-8-15-25(18-27)23-13-7-14-24(17-23)26-19-28(21-9-3-1-4-10-21)31-29(20-26)22-11-5-2-6-12-22;24-21-13-7-12-19(14-21)20-15-22(17-8-3-1-4-9-17)25-23(16-20)18-10-5-2-6-11-18;8-5-2-1-3-6(4-5)10-7-9/h1-20H;1-16H;1-4,9H. The maximum Gasteiger partial charge on any atom is 0.569 e. The molecule has 8 heteroatoms. The average molecular weight is 960 g/mol. The highest BCUT2D eigenvalue weighted by Crippen LogP contribution is 2.34. The van der Waals surface area contributed by atoms with Crippen LogP contribution in [0.15, 0.2) is 247 Å². The van der Waals surface area contributed by atoms with Crippen molar-refractivity contribution in [3.63, 3.8) is 0 Å². The molecule has 0 unspecified atom stereocenters. The first-order chi connectivity index (χ1) is 32.4. The van der Waals surface area contributed by atoms with Crippen LogP contribution in [0, 0.1) is 0 Å². The zero-order chi connectivity index (χ0) is 45.5. The lowest BCUT2D eigenvalue weighted by molar-refractivity contribution is 0.454. The molecule has 0 aliphatic heterocycles. The van der Waals surface area contributed by atoms with Crippen LogP contribution < -0.4 is 4.65 Å². The maximum absolute atomic E-state index is 8.22. The number of rotatable bonds is 9. The lowest BCUT2D eigenvalue weighted by Crippen LogP contribution is -1.98. The first-order valence-corrected chi connectivity index (χ1v) is 22.7. The van der Waals surface area contributed by atoms with Gasteiger partial charge in [0.2, 0.25) is 0 Å². The van der Waals surface area contributed by atoms with Gasteiger partial charge < -0.3 is 9.68 Å². The van der Waals surface area contributed by atoms with Crippen molar-refractivity contribution in [3.8, 4) is 84.2 Å². The minimum Gasteiger partial charge on any atom is -0.537 e. The van der Waals surface area contributed by atoms with E-state index in [1.807, 2.05) is 97.1 Å². The third kappa shape index (κ3) is 12.4. The molecule has 4 nitrogen and oxygen atoms in total. The predicted molar refractivity (Wildman–Crippen MR) is 279 cm³/mol. The Morgan fingerprint density at radius 3 is 1.06 bits per heavy atom. The minimum atomic E-state index is 0.523. The van der Waals surface area contributed by atoms with Gasteiger partial charge in [-0.1, -0.05) is 209 Å². The Morgan fingerprint density at radius 1 is 0.333 bits per heavy atom. The second-order valence-electron chi connectivity index (χ2n) is 15.0. The number of halogens is 3. The predicted octanol–water partition coefficient (Wildman–Crippen LogP) is 16.5. The first kappa shape index (κ1) is 45.5. The molecule has 2 heterocycles. The number of hydrogen-bond donors (Lipinski definition) is 1. The normalized spacial score (nSPS) is 10.4. The van der Waals surface area contributed by atoms with Crippen LogP contribution in [-0.4, -0.2) is 22.7 Å². The van der Waals surface area contributed by atoms with E-state index in [9.17, 15) is 0 Å². The van der Waals surface area contributed by atoms with Crippen molar-refractivity contribution in [3.05, 3.63) is 257 Å². The Kier molecular flexibility index (Phi) is 15.7. The van der Waals surface area contributed by atoms with Crippen LogP contribution in [0.3, 0.4) is 0 Å².